The van der Waals surface area contributed by atoms with Gasteiger partial charge in [-0.3, -0.25) is 0 Å². The standard InChI is InChI=1S/C12H16BrClO/c1-9-7-11(14)8-10(2)12(9)15-6-4-3-5-13/h7-8H,3-6H2,1-2H3. The van der Waals surface area contributed by atoms with Crippen molar-refractivity contribution < 1.29 is 4.74 Å². The van der Waals surface area contributed by atoms with Gasteiger partial charge in [0.1, 0.15) is 5.75 Å². The maximum atomic E-state index is 5.94. The molecule has 0 spiro atoms. The van der Waals surface area contributed by atoms with Gasteiger partial charge in [0.2, 0.25) is 0 Å². The quantitative estimate of drug-likeness (QED) is 0.573. The molecule has 0 saturated heterocycles. The average Bonchev–Trinajstić information content (AvgIpc) is 2.15. The molecule has 0 atom stereocenters. The number of hydrogen-bond donors (Lipinski definition) is 0. The summed E-state index contributed by atoms with van der Waals surface area (Å²) in [4.78, 5) is 0. The molecular weight excluding hydrogens is 275 g/mol. The molecule has 84 valence electrons. The smallest absolute Gasteiger partial charge is 0.125 e. The van der Waals surface area contributed by atoms with Crippen LogP contribution in [0.5, 0.6) is 5.75 Å². The normalized spacial score (nSPS) is 10.4. The van der Waals surface area contributed by atoms with Gasteiger partial charge < -0.3 is 4.74 Å². The molecule has 0 aromatic heterocycles. The van der Waals surface area contributed by atoms with Gasteiger partial charge in [0.15, 0.2) is 0 Å². The van der Waals surface area contributed by atoms with Crippen LogP contribution in [0.15, 0.2) is 12.1 Å². The molecule has 0 bridgehead atoms. The Morgan fingerprint density at radius 3 is 2.33 bits per heavy atom. The highest BCUT2D eigenvalue weighted by Crippen LogP contribution is 2.27. The molecule has 0 fully saturated rings. The van der Waals surface area contributed by atoms with E-state index in [9.17, 15) is 0 Å². The van der Waals surface area contributed by atoms with Crippen LogP contribution < -0.4 is 4.74 Å². The number of rotatable bonds is 5. The van der Waals surface area contributed by atoms with Gasteiger partial charge in [0, 0.05) is 10.4 Å². The molecular formula is C12H16BrClO. The van der Waals surface area contributed by atoms with Crippen molar-refractivity contribution in [2.75, 3.05) is 11.9 Å². The van der Waals surface area contributed by atoms with Crippen LogP contribution in [0, 0.1) is 13.8 Å². The molecule has 1 rings (SSSR count). The van der Waals surface area contributed by atoms with E-state index in [4.69, 9.17) is 16.3 Å². The zero-order valence-corrected chi connectivity index (χ0v) is 11.5. The lowest BCUT2D eigenvalue weighted by atomic mass is 10.1. The fourth-order valence-electron chi connectivity index (χ4n) is 1.50. The fourth-order valence-corrected chi connectivity index (χ4v) is 2.22. The van der Waals surface area contributed by atoms with Crippen LogP contribution >= 0.6 is 27.5 Å². The van der Waals surface area contributed by atoms with E-state index in [0.717, 1.165) is 46.7 Å². The maximum absolute atomic E-state index is 5.94. The summed E-state index contributed by atoms with van der Waals surface area (Å²) in [7, 11) is 0. The van der Waals surface area contributed by atoms with Crippen LogP contribution in [-0.4, -0.2) is 11.9 Å². The van der Waals surface area contributed by atoms with Crippen molar-refractivity contribution in [3.05, 3.63) is 28.3 Å². The van der Waals surface area contributed by atoms with Gasteiger partial charge in [0.05, 0.1) is 6.61 Å². The highest BCUT2D eigenvalue weighted by atomic mass is 79.9. The Labute approximate surface area is 105 Å². The van der Waals surface area contributed by atoms with Crippen LogP contribution in [-0.2, 0) is 0 Å². The molecule has 1 nitrogen and oxygen atoms in total. The van der Waals surface area contributed by atoms with Crippen LogP contribution in [0.1, 0.15) is 24.0 Å². The van der Waals surface area contributed by atoms with E-state index in [1.807, 2.05) is 26.0 Å². The van der Waals surface area contributed by atoms with E-state index < -0.39 is 0 Å². The van der Waals surface area contributed by atoms with Crippen molar-refractivity contribution >= 4 is 27.5 Å². The monoisotopic (exact) mass is 290 g/mol. The largest absolute Gasteiger partial charge is 0.493 e. The molecule has 0 aliphatic heterocycles. The SMILES string of the molecule is Cc1cc(Cl)cc(C)c1OCCCCBr. The van der Waals surface area contributed by atoms with E-state index >= 15 is 0 Å². The molecule has 0 amide bonds. The minimum atomic E-state index is 0.773. The van der Waals surface area contributed by atoms with Gasteiger partial charge in [-0.2, -0.15) is 0 Å². The highest BCUT2D eigenvalue weighted by Gasteiger charge is 2.05. The number of halogens is 2. The summed E-state index contributed by atoms with van der Waals surface area (Å²) >= 11 is 9.35. The first-order valence-electron chi connectivity index (χ1n) is 5.10. The molecule has 15 heavy (non-hydrogen) atoms. The molecule has 0 aliphatic carbocycles. The summed E-state index contributed by atoms with van der Waals surface area (Å²) in [6.07, 6.45) is 2.22. The Kier molecular flexibility index (Phi) is 5.48. The molecule has 3 heteroatoms. The molecule has 0 radical (unpaired) electrons. The highest BCUT2D eigenvalue weighted by molar-refractivity contribution is 9.09. The first-order chi connectivity index (χ1) is 7.15. The van der Waals surface area contributed by atoms with E-state index in [2.05, 4.69) is 15.9 Å². The van der Waals surface area contributed by atoms with Gasteiger partial charge in [-0.25, -0.2) is 0 Å². The van der Waals surface area contributed by atoms with Crippen molar-refractivity contribution in [3.63, 3.8) is 0 Å². The van der Waals surface area contributed by atoms with Crippen molar-refractivity contribution in [1.82, 2.24) is 0 Å². The summed E-state index contributed by atoms with van der Waals surface area (Å²) in [5.74, 6) is 0.981. The van der Waals surface area contributed by atoms with Gasteiger partial charge >= 0.3 is 0 Å². The average molecular weight is 292 g/mol. The summed E-state index contributed by atoms with van der Waals surface area (Å²) in [6.45, 7) is 4.83. The first-order valence-corrected chi connectivity index (χ1v) is 6.60. The fraction of sp³-hybridized carbons (Fsp3) is 0.500. The lowest BCUT2D eigenvalue weighted by Crippen LogP contribution is -2.00. The predicted molar refractivity (Wildman–Crippen MR) is 69.4 cm³/mol. The minimum absolute atomic E-state index is 0.773. The lowest BCUT2D eigenvalue weighted by Gasteiger charge is -2.12. The number of unbranched alkanes of at least 4 members (excludes halogenated alkanes) is 1. The Morgan fingerprint density at radius 1 is 1.20 bits per heavy atom. The Bertz CT molecular complexity index is 302. The number of alkyl halides is 1. The molecule has 1 aromatic carbocycles. The molecule has 0 heterocycles. The Morgan fingerprint density at radius 2 is 1.80 bits per heavy atom. The molecule has 0 unspecified atom stereocenters. The van der Waals surface area contributed by atoms with Crippen molar-refractivity contribution in [2.24, 2.45) is 0 Å². The number of hydrogen-bond acceptors (Lipinski definition) is 1. The zero-order valence-electron chi connectivity index (χ0n) is 9.15. The van der Waals surface area contributed by atoms with Gasteiger partial charge in [0.25, 0.3) is 0 Å². The molecule has 0 saturated carbocycles. The molecule has 0 N–H and O–H groups in total. The zero-order chi connectivity index (χ0) is 11.3. The van der Waals surface area contributed by atoms with E-state index in [1.165, 1.54) is 0 Å². The topological polar surface area (TPSA) is 9.23 Å². The first kappa shape index (κ1) is 12.9. The maximum Gasteiger partial charge on any atom is 0.125 e. The van der Waals surface area contributed by atoms with Crippen LogP contribution in [0.4, 0.5) is 0 Å². The Hall–Kier alpha value is -0.210. The number of ether oxygens (including phenoxy) is 1. The second-order valence-electron chi connectivity index (χ2n) is 3.61. The van der Waals surface area contributed by atoms with Crippen LogP contribution in [0.3, 0.4) is 0 Å². The Balaban J connectivity index is 2.60. The number of aryl methyl sites for hydroxylation is 2. The summed E-state index contributed by atoms with van der Waals surface area (Å²) in [5.41, 5.74) is 2.22. The van der Waals surface area contributed by atoms with Crippen molar-refractivity contribution in [2.45, 2.75) is 26.7 Å². The third-order valence-corrected chi connectivity index (χ3v) is 2.98. The van der Waals surface area contributed by atoms with Crippen LogP contribution in [0.25, 0.3) is 0 Å². The summed E-state index contributed by atoms with van der Waals surface area (Å²) in [5, 5.41) is 1.81. The second-order valence-corrected chi connectivity index (χ2v) is 4.84. The van der Waals surface area contributed by atoms with Gasteiger partial charge in [-0.1, -0.05) is 27.5 Å². The second kappa shape index (κ2) is 6.39. The van der Waals surface area contributed by atoms with Crippen molar-refractivity contribution in [3.8, 4) is 5.75 Å². The van der Waals surface area contributed by atoms with E-state index in [1.54, 1.807) is 0 Å². The third kappa shape index (κ3) is 4.04. The van der Waals surface area contributed by atoms with Crippen molar-refractivity contribution in [1.29, 1.82) is 0 Å². The van der Waals surface area contributed by atoms with Gasteiger partial charge in [-0.05, 0) is 49.9 Å². The number of benzene rings is 1. The minimum Gasteiger partial charge on any atom is -0.493 e. The molecule has 1 aromatic rings. The summed E-state index contributed by atoms with van der Waals surface area (Å²) < 4.78 is 5.75. The van der Waals surface area contributed by atoms with E-state index in [0.29, 0.717) is 0 Å². The van der Waals surface area contributed by atoms with Gasteiger partial charge in [-0.15, -0.1) is 0 Å². The summed E-state index contributed by atoms with van der Waals surface area (Å²) in [6, 6.07) is 3.88. The van der Waals surface area contributed by atoms with Crippen LogP contribution in [0.2, 0.25) is 5.02 Å². The van der Waals surface area contributed by atoms with E-state index in [-0.39, 0.29) is 0 Å². The third-order valence-electron chi connectivity index (χ3n) is 2.20. The lowest BCUT2D eigenvalue weighted by molar-refractivity contribution is 0.306. The predicted octanol–water partition coefficient (Wildman–Crippen LogP) is 4.51. The molecule has 0 aliphatic rings.